The van der Waals surface area contributed by atoms with Crippen molar-refractivity contribution in [1.29, 1.82) is 0 Å². The molecule has 1 fully saturated rings. The number of nitrogens with zero attached hydrogens (tertiary/aromatic N) is 2. The van der Waals surface area contributed by atoms with Gasteiger partial charge in [-0.3, -0.25) is 4.98 Å². The zero-order valence-corrected chi connectivity index (χ0v) is 19.6. The number of benzene rings is 1. The molecule has 1 aromatic heterocycles. The van der Waals surface area contributed by atoms with Crippen LogP contribution in [0.25, 0.3) is 10.9 Å². The molecule has 2 aromatic rings. The number of fused-ring (bicyclic) bond motifs is 1. The molecule has 1 saturated heterocycles. The molecule has 0 saturated carbocycles. The highest BCUT2D eigenvalue weighted by atomic mass is 127. The molecular weight excluding hydrogens is 479 g/mol. The highest BCUT2D eigenvalue weighted by Crippen LogP contribution is 2.17. The van der Waals surface area contributed by atoms with E-state index in [1.165, 1.54) is 5.56 Å². The number of nitrogens with one attached hydrogen (secondary N) is 2. The monoisotopic (exact) mass is 512 g/mol. The number of hydrogen-bond donors (Lipinski definition) is 2. The summed E-state index contributed by atoms with van der Waals surface area (Å²) in [5, 5.41) is 7.87. The van der Waals surface area contributed by atoms with Crippen molar-refractivity contribution in [2.24, 2.45) is 10.9 Å². The fourth-order valence-corrected chi connectivity index (χ4v) is 3.34. The molecule has 2 heterocycles. The molecule has 0 bridgehead atoms. The van der Waals surface area contributed by atoms with E-state index in [0.29, 0.717) is 12.5 Å². The van der Waals surface area contributed by atoms with Gasteiger partial charge in [0, 0.05) is 51.1 Å². The van der Waals surface area contributed by atoms with E-state index in [0.717, 1.165) is 75.6 Å². The lowest BCUT2D eigenvalue weighted by molar-refractivity contribution is 0.0203. The van der Waals surface area contributed by atoms with E-state index in [1.807, 2.05) is 30.5 Å². The lowest BCUT2D eigenvalue weighted by atomic mass is 10.0. The van der Waals surface area contributed by atoms with Crippen LogP contribution in [0, 0.1) is 5.92 Å². The summed E-state index contributed by atoms with van der Waals surface area (Å²) in [5.41, 5.74) is 2.19. The van der Waals surface area contributed by atoms with Gasteiger partial charge >= 0.3 is 0 Å². The fraction of sp³-hybridized carbons (Fsp3) is 0.545. The molecular formula is C22H33IN4O2. The van der Waals surface area contributed by atoms with Crippen LogP contribution in [0.5, 0.6) is 0 Å². The van der Waals surface area contributed by atoms with E-state index in [4.69, 9.17) is 14.5 Å². The first-order valence-electron chi connectivity index (χ1n) is 10.4. The standard InChI is InChI=1S/C22H32N4O2.HI/c1-2-23-22(25-11-5-13-28-17-18-9-14-27-15-10-18)26-16-19-8-12-24-21-7-4-3-6-20(19)21;/h3-4,6-8,12,18H,2,5,9-11,13-17H2,1H3,(H2,23,25,26);1H. The third-order valence-electron chi connectivity index (χ3n) is 4.94. The van der Waals surface area contributed by atoms with Crippen molar-refractivity contribution in [1.82, 2.24) is 15.6 Å². The Morgan fingerprint density at radius 2 is 2.03 bits per heavy atom. The van der Waals surface area contributed by atoms with Crippen LogP contribution < -0.4 is 10.6 Å². The summed E-state index contributed by atoms with van der Waals surface area (Å²) in [7, 11) is 0. The Hall–Kier alpha value is -1.45. The maximum Gasteiger partial charge on any atom is 0.191 e. The van der Waals surface area contributed by atoms with Gasteiger partial charge in [-0.1, -0.05) is 18.2 Å². The van der Waals surface area contributed by atoms with Crippen LogP contribution in [0.4, 0.5) is 0 Å². The van der Waals surface area contributed by atoms with Gasteiger partial charge in [-0.05, 0) is 49.8 Å². The second kappa shape index (κ2) is 13.7. The Kier molecular flexibility index (Phi) is 11.3. The van der Waals surface area contributed by atoms with Gasteiger partial charge in [0.15, 0.2) is 5.96 Å². The van der Waals surface area contributed by atoms with Crippen LogP contribution in [0.1, 0.15) is 31.7 Å². The van der Waals surface area contributed by atoms with Crippen LogP contribution >= 0.6 is 24.0 Å². The van der Waals surface area contributed by atoms with Gasteiger partial charge in [0.1, 0.15) is 0 Å². The van der Waals surface area contributed by atoms with Crippen LogP contribution in [-0.2, 0) is 16.0 Å². The number of aromatic nitrogens is 1. The van der Waals surface area contributed by atoms with Crippen molar-refractivity contribution < 1.29 is 9.47 Å². The SMILES string of the molecule is CCNC(=NCc1ccnc2ccccc12)NCCCOCC1CCOCC1.I. The maximum atomic E-state index is 5.83. The molecule has 2 N–H and O–H groups in total. The Morgan fingerprint density at radius 1 is 1.21 bits per heavy atom. The molecule has 1 aromatic carbocycles. The quantitative estimate of drug-likeness (QED) is 0.232. The Labute approximate surface area is 190 Å². The van der Waals surface area contributed by atoms with E-state index in [-0.39, 0.29) is 24.0 Å². The molecule has 0 aliphatic carbocycles. The lowest BCUT2D eigenvalue weighted by Gasteiger charge is -2.21. The molecule has 7 heteroatoms. The number of aliphatic imine (C=N–C) groups is 1. The topological polar surface area (TPSA) is 67.8 Å². The second-order valence-electron chi connectivity index (χ2n) is 7.09. The molecule has 160 valence electrons. The van der Waals surface area contributed by atoms with Crippen molar-refractivity contribution in [3.8, 4) is 0 Å². The van der Waals surface area contributed by atoms with Gasteiger partial charge < -0.3 is 20.1 Å². The van der Waals surface area contributed by atoms with Gasteiger partial charge in [0.25, 0.3) is 0 Å². The van der Waals surface area contributed by atoms with Crippen molar-refractivity contribution in [3.05, 3.63) is 42.1 Å². The number of pyridine rings is 1. The molecule has 0 atom stereocenters. The van der Waals surface area contributed by atoms with Crippen LogP contribution in [-0.4, -0.2) is 50.5 Å². The van der Waals surface area contributed by atoms with E-state index >= 15 is 0 Å². The minimum atomic E-state index is 0. The zero-order chi connectivity index (χ0) is 19.4. The fourth-order valence-electron chi connectivity index (χ4n) is 3.34. The Bertz CT molecular complexity index is 745. The van der Waals surface area contributed by atoms with Gasteiger partial charge in [-0.15, -0.1) is 24.0 Å². The summed E-state index contributed by atoms with van der Waals surface area (Å²) in [6.45, 7) is 7.77. The summed E-state index contributed by atoms with van der Waals surface area (Å²) < 4.78 is 11.2. The molecule has 6 nitrogen and oxygen atoms in total. The minimum absolute atomic E-state index is 0. The van der Waals surface area contributed by atoms with E-state index in [1.54, 1.807) is 0 Å². The van der Waals surface area contributed by atoms with Crippen molar-refractivity contribution >= 4 is 40.8 Å². The molecule has 0 amide bonds. The average molecular weight is 512 g/mol. The van der Waals surface area contributed by atoms with Crippen LogP contribution in [0.3, 0.4) is 0 Å². The molecule has 0 radical (unpaired) electrons. The molecule has 0 unspecified atom stereocenters. The van der Waals surface area contributed by atoms with Crippen LogP contribution in [0.2, 0.25) is 0 Å². The molecule has 3 rings (SSSR count). The largest absolute Gasteiger partial charge is 0.381 e. The number of rotatable bonds is 9. The van der Waals surface area contributed by atoms with Gasteiger partial charge in [-0.2, -0.15) is 0 Å². The van der Waals surface area contributed by atoms with Crippen molar-refractivity contribution in [2.45, 2.75) is 32.7 Å². The first kappa shape index (κ1) is 23.8. The minimum Gasteiger partial charge on any atom is -0.381 e. The lowest BCUT2D eigenvalue weighted by Crippen LogP contribution is -2.38. The normalized spacial score (nSPS) is 15.1. The molecule has 1 aliphatic rings. The predicted octanol–water partition coefficient (Wildman–Crippen LogP) is 3.74. The van der Waals surface area contributed by atoms with E-state index in [9.17, 15) is 0 Å². The summed E-state index contributed by atoms with van der Waals surface area (Å²) in [4.78, 5) is 9.15. The summed E-state index contributed by atoms with van der Waals surface area (Å²) >= 11 is 0. The third kappa shape index (κ3) is 8.06. The summed E-state index contributed by atoms with van der Waals surface area (Å²) in [6, 6.07) is 10.2. The van der Waals surface area contributed by atoms with Gasteiger partial charge in [-0.25, -0.2) is 4.99 Å². The zero-order valence-electron chi connectivity index (χ0n) is 17.2. The number of para-hydroxylation sites is 1. The van der Waals surface area contributed by atoms with Crippen LogP contribution in [0.15, 0.2) is 41.5 Å². The third-order valence-corrected chi connectivity index (χ3v) is 4.94. The second-order valence-corrected chi connectivity index (χ2v) is 7.09. The molecule has 1 aliphatic heterocycles. The highest BCUT2D eigenvalue weighted by Gasteiger charge is 2.13. The first-order chi connectivity index (χ1) is 13.9. The number of halogens is 1. The van der Waals surface area contributed by atoms with Crippen molar-refractivity contribution in [3.63, 3.8) is 0 Å². The maximum absolute atomic E-state index is 5.83. The summed E-state index contributed by atoms with van der Waals surface area (Å²) in [5.74, 6) is 1.50. The average Bonchev–Trinajstić information content (AvgIpc) is 2.75. The highest BCUT2D eigenvalue weighted by molar-refractivity contribution is 14.0. The van der Waals surface area contributed by atoms with Gasteiger partial charge in [0.05, 0.1) is 12.1 Å². The molecule has 0 spiro atoms. The number of ether oxygens (including phenoxy) is 2. The molecule has 29 heavy (non-hydrogen) atoms. The predicted molar refractivity (Wildman–Crippen MR) is 129 cm³/mol. The number of hydrogen-bond acceptors (Lipinski definition) is 4. The van der Waals surface area contributed by atoms with Crippen molar-refractivity contribution in [2.75, 3.05) is 39.5 Å². The smallest absolute Gasteiger partial charge is 0.191 e. The Morgan fingerprint density at radius 3 is 2.86 bits per heavy atom. The first-order valence-corrected chi connectivity index (χ1v) is 10.4. The number of guanidine groups is 1. The summed E-state index contributed by atoms with van der Waals surface area (Å²) in [6.07, 6.45) is 5.06. The van der Waals surface area contributed by atoms with E-state index in [2.05, 4.69) is 28.6 Å². The Balaban J connectivity index is 0.00000300. The van der Waals surface area contributed by atoms with Gasteiger partial charge in [0.2, 0.25) is 0 Å². The van der Waals surface area contributed by atoms with E-state index < -0.39 is 0 Å².